The standard InChI is InChI=1S/C9H6Cl2FNO3/c10-9(11)3-4-16-8-5-6(12)1-2-7(8)13(14)15/h1-3,5H,4H2. The van der Waals surface area contributed by atoms with Crippen molar-refractivity contribution in [2.75, 3.05) is 6.61 Å². The molecular formula is C9H6Cl2FNO3. The van der Waals surface area contributed by atoms with Crippen LogP contribution in [0.5, 0.6) is 5.75 Å². The number of nitro benzene ring substituents is 1. The van der Waals surface area contributed by atoms with Gasteiger partial charge in [0.25, 0.3) is 0 Å². The molecule has 86 valence electrons. The van der Waals surface area contributed by atoms with E-state index in [-0.39, 0.29) is 22.5 Å². The van der Waals surface area contributed by atoms with Gasteiger partial charge >= 0.3 is 5.69 Å². The monoisotopic (exact) mass is 265 g/mol. The van der Waals surface area contributed by atoms with E-state index in [0.29, 0.717) is 0 Å². The molecule has 0 unspecified atom stereocenters. The maximum Gasteiger partial charge on any atom is 0.311 e. The highest BCUT2D eigenvalue weighted by Crippen LogP contribution is 2.27. The number of hydrogen-bond acceptors (Lipinski definition) is 3. The van der Waals surface area contributed by atoms with E-state index in [1.807, 2.05) is 0 Å². The fourth-order valence-corrected chi connectivity index (χ4v) is 1.07. The highest BCUT2D eigenvalue weighted by Gasteiger charge is 2.15. The zero-order valence-electron chi connectivity index (χ0n) is 7.82. The Morgan fingerprint density at radius 3 is 2.81 bits per heavy atom. The molecular weight excluding hydrogens is 260 g/mol. The molecule has 1 aromatic rings. The Labute approximate surface area is 100 Å². The first-order chi connectivity index (χ1) is 7.50. The molecule has 0 aliphatic rings. The number of ether oxygens (including phenoxy) is 1. The molecule has 0 heterocycles. The van der Waals surface area contributed by atoms with Crippen molar-refractivity contribution in [2.45, 2.75) is 0 Å². The summed E-state index contributed by atoms with van der Waals surface area (Å²) in [5.41, 5.74) is -0.319. The summed E-state index contributed by atoms with van der Waals surface area (Å²) in [6.45, 7) is -0.0768. The molecule has 0 radical (unpaired) electrons. The molecule has 0 aliphatic carbocycles. The SMILES string of the molecule is O=[N+]([O-])c1ccc(F)cc1OCC=C(Cl)Cl. The van der Waals surface area contributed by atoms with Crippen LogP contribution in [0.2, 0.25) is 0 Å². The van der Waals surface area contributed by atoms with Gasteiger partial charge in [-0.25, -0.2) is 4.39 Å². The van der Waals surface area contributed by atoms with Crippen molar-refractivity contribution in [3.63, 3.8) is 0 Å². The number of hydrogen-bond donors (Lipinski definition) is 0. The number of nitrogens with zero attached hydrogens (tertiary/aromatic N) is 1. The minimum atomic E-state index is -0.666. The minimum absolute atomic E-state index is 0.0287. The van der Waals surface area contributed by atoms with Gasteiger partial charge in [0.1, 0.15) is 16.9 Å². The van der Waals surface area contributed by atoms with Gasteiger partial charge in [0.05, 0.1) is 4.92 Å². The molecule has 7 heteroatoms. The lowest BCUT2D eigenvalue weighted by Gasteiger charge is -2.03. The van der Waals surface area contributed by atoms with Crippen LogP contribution in [-0.2, 0) is 0 Å². The van der Waals surface area contributed by atoms with Crippen molar-refractivity contribution in [1.82, 2.24) is 0 Å². The van der Waals surface area contributed by atoms with Gasteiger partial charge in [0, 0.05) is 12.1 Å². The topological polar surface area (TPSA) is 52.4 Å². The molecule has 16 heavy (non-hydrogen) atoms. The summed E-state index contributed by atoms with van der Waals surface area (Å²) in [6.07, 6.45) is 1.29. The lowest BCUT2D eigenvalue weighted by molar-refractivity contribution is -0.385. The lowest BCUT2D eigenvalue weighted by Crippen LogP contribution is -1.99. The zero-order valence-corrected chi connectivity index (χ0v) is 9.33. The van der Waals surface area contributed by atoms with Gasteiger partial charge < -0.3 is 4.74 Å². The predicted octanol–water partition coefficient (Wildman–Crippen LogP) is 3.43. The quantitative estimate of drug-likeness (QED) is 0.619. The smallest absolute Gasteiger partial charge is 0.311 e. The molecule has 0 atom stereocenters. The fraction of sp³-hybridized carbons (Fsp3) is 0.111. The third-order valence-electron chi connectivity index (χ3n) is 1.60. The van der Waals surface area contributed by atoms with Crippen molar-refractivity contribution in [3.8, 4) is 5.75 Å². The summed E-state index contributed by atoms with van der Waals surface area (Å²) in [7, 11) is 0. The molecule has 1 aromatic carbocycles. The van der Waals surface area contributed by atoms with Crippen LogP contribution >= 0.6 is 23.2 Å². The second kappa shape index (κ2) is 5.67. The van der Waals surface area contributed by atoms with Crippen molar-refractivity contribution in [3.05, 3.63) is 44.7 Å². The van der Waals surface area contributed by atoms with E-state index in [4.69, 9.17) is 27.9 Å². The first kappa shape index (κ1) is 12.7. The Morgan fingerprint density at radius 2 is 2.25 bits per heavy atom. The van der Waals surface area contributed by atoms with E-state index in [2.05, 4.69) is 0 Å². The summed E-state index contributed by atoms with van der Waals surface area (Å²) in [5.74, 6) is -0.794. The third kappa shape index (κ3) is 3.67. The Morgan fingerprint density at radius 1 is 1.56 bits per heavy atom. The lowest BCUT2D eigenvalue weighted by atomic mass is 10.3. The largest absolute Gasteiger partial charge is 0.482 e. The minimum Gasteiger partial charge on any atom is -0.482 e. The first-order valence-electron chi connectivity index (χ1n) is 4.08. The zero-order chi connectivity index (χ0) is 12.1. The molecule has 1 rings (SSSR count). The molecule has 0 bridgehead atoms. The van der Waals surface area contributed by atoms with E-state index in [0.717, 1.165) is 18.2 Å². The van der Waals surface area contributed by atoms with E-state index in [1.54, 1.807) is 0 Å². The molecule has 4 nitrogen and oxygen atoms in total. The Bertz CT molecular complexity index is 433. The van der Waals surface area contributed by atoms with E-state index in [1.165, 1.54) is 6.08 Å². The second-order valence-electron chi connectivity index (χ2n) is 2.67. The normalized spacial score (nSPS) is 9.69. The molecule has 0 N–H and O–H groups in total. The second-order valence-corrected chi connectivity index (χ2v) is 3.68. The van der Waals surface area contributed by atoms with Crippen molar-refractivity contribution >= 4 is 28.9 Å². The van der Waals surface area contributed by atoms with Gasteiger partial charge in [0.15, 0.2) is 5.75 Å². The summed E-state index contributed by atoms with van der Waals surface area (Å²) < 4.78 is 17.8. The van der Waals surface area contributed by atoms with Crippen LogP contribution in [0.15, 0.2) is 28.8 Å². The maximum atomic E-state index is 12.8. The summed E-state index contributed by atoms with van der Waals surface area (Å²) in [5, 5.41) is 10.6. The van der Waals surface area contributed by atoms with Gasteiger partial charge in [-0.3, -0.25) is 10.1 Å². The molecule has 0 saturated carbocycles. The molecule has 0 aromatic heterocycles. The number of halogens is 3. The Kier molecular flexibility index (Phi) is 4.52. The van der Waals surface area contributed by atoms with Crippen LogP contribution in [0.1, 0.15) is 0 Å². The van der Waals surface area contributed by atoms with Crippen molar-refractivity contribution < 1.29 is 14.1 Å². The van der Waals surface area contributed by atoms with Crippen LogP contribution < -0.4 is 4.74 Å². The van der Waals surface area contributed by atoms with Crippen LogP contribution in [0.25, 0.3) is 0 Å². The van der Waals surface area contributed by atoms with Crippen molar-refractivity contribution in [1.29, 1.82) is 0 Å². The molecule has 0 spiro atoms. The van der Waals surface area contributed by atoms with Gasteiger partial charge in [-0.05, 0) is 12.1 Å². The van der Waals surface area contributed by atoms with Crippen molar-refractivity contribution in [2.24, 2.45) is 0 Å². The highest BCUT2D eigenvalue weighted by atomic mass is 35.5. The molecule has 0 amide bonds. The van der Waals surface area contributed by atoms with Gasteiger partial charge in [-0.2, -0.15) is 0 Å². The van der Waals surface area contributed by atoms with E-state index in [9.17, 15) is 14.5 Å². The fourth-order valence-electron chi connectivity index (χ4n) is 0.949. The number of rotatable bonds is 4. The number of benzene rings is 1. The summed E-state index contributed by atoms with van der Waals surface area (Å²) in [6, 6.07) is 2.93. The molecule has 0 aliphatic heterocycles. The van der Waals surface area contributed by atoms with Gasteiger partial charge in [-0.1, -0.05) is 23.2 Å². The number of nitro groups is 1. The predicted molar refractivity (Wildman–Crippen MR) is 58.3 cm³/mol. The van der Waals surface area contributed by atoms with E-state index < -0.39 is 10.7 Å². The summed E-state index contributed by atoms with van der Waals surface area (Å²) in [4.78, 5) is 9.90. The maximum absolute atomic E-state index is 12.8. The summed E-state index contributed by atoms with van der Waals surface area (Å²) >= 11 is 10.6. The first-order valence-corrected chi connectivity index (χ1v) is 4.84. The third-order valence-corrected chi connectivity index (χ3v) is 1.90. The highest BCUT2D eigenvalue weighted by molar-refractivity contribution is 6.55. The van der Waals surface area contributed by atoms with Crippen LogP contribution in [0.3, 0.4) is 0 Å². The molecule has 0 fully saturated rings. The Hall–Kier alpha value is -1.33. The van der Waals surface area contributed by atoms with E-state index >= 15 is 0 Å². The van der Waals surface area contributed by atoms with Crippen LogP contribution in [-0.4, -0.2) is 11.5 Å². The Balaban J connectivity index is 2.88. The molecule has 0 saturated heterocycles. The van der Waals surface area contributed by atoms with Crippen LogP contribution in [0.4, 0.5) is 10.1 Å². The average Bonchev–Trinajstić information content (AvgIpc) is 2.16. The van der Waals surface area contributed by atoms with Crippen LogP contribution in [0, 0.1) is 15.9 Å². The average molecular weight is 266 g/mol. The van der Waals surface area contributed by atoms with Gasteiger partial charge in [0.2, 0.25) is 0 Å². The van der Waals surface area contributed by atoms with Gasteiger partial charge in [-0.15, -0.1) is 0 Å².